The standard InChI is InChI=1S/C16H15F3/c1-6-10(9(4)5)13-11(7-2)14(17)16(19)15(18)12(13)8-3/h2,6,8-9H,3H2,1,4-5H3/b10-6-. The number of rotatable bonds is 3. The van der Waals surface area contributed by atoms with Gasteiger partial charge in [-0.3, -0.25) is 0 Å². The van der Waals surface area contributed by atoms with Crippen molar-refractivity contribution in [1.82, 2.24) is 0 Å². The first-order valence-electron chi connectivity index (χ1n) is 5.86. The van der Waals surface area contributed by atoms with Crippen molar-refractivity contribution in [2.75, 3.05) is 0 Å². The van der Waals surface area contributed by atoms with E-state index in [2.05, 4.69) is 12.5 Å². The zero-order valence-corrected chi connectivity index (χ0v) is 11.2. The molecule has 0 nitrogen and oxygen atoms in total. The van der Waals surface area contributed by atoms with Gasteiger partial charge >= 0.3 is 0 Å². The fourth-order valence-electron chi connectivity index (χ4n) is 2.07. The lowest BCUT2D eigenvalue weighted by Gasteiger charge is -2.18. The minimum Gasteiger partial charge on any atom is -0.203 e. The summed E-state index contributed by atoms with van der Waals surface area (Å²) in [6, 6.07) is 0. The minimum absolute atomic E-state index is 0.0138. The Morgan fingerprint density at radius 2 is 1.79 bits per heavy atom. The van der Waals surface area contributed by atoms with Crippen LogP contribution in [0, 0.1) is 35.7 Å². The molecule has 3 heteroatoms. The number of halogens is 3. The average molecular weight is 264 g/mol. The topological polar surface area (TPSA) is 0 Å². The molecular formula is C16H15F3. The zero-order chi connectivity index (χ0) is 14.7. The van der Waals surface area contributed by atoms with Crippen LogP contribution < -0.4 is 0 Å². The van der Waals surface area contributed by atoms with E-state index in [9.17, 15) is 13.2 Å². The maximum atomic E-state index is 13.8. The van der Waals surface area contributed by atoms with Gasteiger partial charge in [0, 0.05) is 11.1 Å². The normalized spacial score (nSPS) is 11.6. The summed E-state index contributed by atoms with van der Waals surface area (Å²) in [6.07, 6.45) is 8.11. The van der Waals surface area contributed by atoms with Crippen molar-refractivity contribution in [2.45, 2.75) is 20.8 Å². The van der Waals surface area contributed by atoms with E-state index in [0.717, 1.165) is 6.08 Å². The summed E-state index contributed by atoms with van der Waals surface area (Å²) in [5.74, 6) is -2.07. The summed E-state index contributed by atoms with van der Waals surface area (Å²) in [5, 5.41) is 0. The Labute approximate surface area is 111 Å². The molecule has 0 heterocycles. The smallest absolute Gasteiger partial charge is 0.196 e. The Kier molecular flexibility index (Phi) is 4.61. The highest BCUT2D eigenvalue weighted by Gasteiger charge is 2.25. The Morgan fingerprint density at radius 3 is 2.16 bits per heavy atom. The van der Waals surface area contributed by atoms with Gasteiger partial charge in [0.2, 0.25) is 0 Å². The Balaban J connectivity index is 3.91. The lowest BCUT2D eigenvalue weighted by molar-refractivity contribution is 0.444. The van der Waals surface area contributed by atoms with Crippen LogP contribution in [0.4, 0.5) is 13.2 Å². The highest BCUT2D eigenvalue weighted by Crippen LogP contribution is 2.34. The monoisotopic (exact) mass is 264 g/mol. The molecule has 0 aliphatic rings. The zero-order valence-electron chi connectivity index (χ0n) is 11.2. The molecule has 0 unspecified atom stereocenters. The van der Waals surface area contributed by atoms with Crippen LogP contribution in [0.15, 0.2) is 12.7 Å². The van der Waals surface area contributed by atoms with Gasteiger partial charge in [-0.25, -0.2) is 13.2 Å². The lowest BCUT2D eigenvalue weighted by atomic mass is 9.87. The number of benzene rings is 1. The molecule has 0 amide bonds. The summed E-state index contributed by atoms with van der Waals surface area (Å²) < 4.78 is 41.1. The van der Waals surface area contributed by atoms with Gasteiger partial charge in [0.25, 0.3) is 0 Å². The molecule has 100 valence electrons. The third kappa shape index (κ3) is 2.44. The van der Waals surface area contributed by atoms with Gasteiger partial charge < -0.3 is 0 Å². The second-order valence-corrected chi connectivity index (χ2v) is 4.35. The Hall–Kier alpha value is -1.95. The van der Waals surface area contributed by atoms with E-state index >= 15 is 0 Å². The Bertz CT molecular complexity index is 587. The second kappa shape index (κ2) is 5.79. The van der Waals surface area contributed by atoms with E-state index in [-0.39, 0.29) is 22.6 Å². The highest BCUT2D eigenvalue weighted by molar-refractivity contribution is 5.79. The van der Waals surface area contributed by atoms with Gasteiger partial charge in [-0.1, -0.05) is 38.5 Å². The lowest BCUT2D eigenvalue weighted by Crippen LogP contribution is -2.08. The summed E-state index contributed by atoms with van der Waals surface area (Å²) >= 11 is 0. The fourth-order valence-corrected chi connectivity index (χ4v) is 2.07. The minimum atomic E-state index is -1.56. The molecule has 0 atom stereocenters. The molecule has 1 aromatic carbocycles. The first-order chi connectivity index (χ1) is 8.90. The van der Waals surface area contributed by atoms with E-state index in [1.807, 2.05) is 13.8 Å². The summed E-state index contributed by atoms with van der Waals surface area (Å²) in [4.78, 5) is 0. The van der Waals surface area contributed by atoms with E-state index in [1.165, 1.54) is 0 Å². The van der Waals surface area contributed by atoms with Crippen LogP contribution in [0.5, 0.6) is 0 Å². The van der Waals surface area contributed by atoms with E-state index < -0.39 is 17.5 Å². The van der Waals surface area contributed by atoms with Gasteiger partial charge in [0.15, 0.2) is 17.5 Å². The third-order valence-corrected chi connectivity index (χ3v) is 2.93. The van der Waals surface area contributed by atoms with Gasteiger partial charge in [0.05, 0.1) is 5.56 Å². The van der Waals surface area contributed by atoms with E-state index in [0.29, 0.717) is 5.57 Å². The van der Waals surface area contributed by atoms with Crippen LogP contribution in [-0.2, 0) is 0 Å². The van der Waals surface area contributed by atoms with Crippen LogP contribution in [0.25, 0.3) is 11.6 Å². The van der Waals surface area contributed by atoms with Crippen LogP contribution >= 0.6 is 0 Å². The first kappa shape index (κ1) is 15.1. The quantitative estimate of drug-likeness (QED) is 0.544. The maximum Gasteiger partial charge on any atom is 0.196 e. The molecule has 0 bridgehead atoms. The summed E-state index contributed by atoms with van der Waals surface area (Å²) in [7, 11) is 0. The van der Waals surface area contributed by atoms with Crippen molar-refractivity contribution in [3.8, 4) is 12.3 Å². The molecule has 19 heavy (non-hydrogen) atoms. The molecule has 0 aliphatic carbocycles. The second-order valence-electron chi connectivity index (χ2n) is 4.35. The molecule has 1 aromatic rings. The first-order valence-corrected chi connectivity index (χ1v) is 5.86. The highest BCUT2D eigenvalue weighted by atomic mass is 19.2. The van der Waals surface area contributed by atoms with Crippen molar-refractivity contribution < 1.29 is 13.2 Å². The fraction of sp³-hybridized carbons (Fsp3) is 0.250. The number of terminal acetylenes is 1. The van der Waals surface area contributed by atoms with Crippen LogP contribution in [0.1, 0.15) is 37.5 Å². The van der Waals surface area contributed by atoms with Crippen molar-refractivity contribution in [2.24, 2.45) is 5.92 Å². The molecule has 0 spiro atoms. The number of allylic oxidation sites excluding steroid dienone is 2. The van der Waals surface area contributed by atoms with Crippen molar-refractivity contribution in [3.05, 3.63) is 46.8 Å². The van der Waals surface area contributed by atoms with Crippen molar-refractivity contribution in [3.63, 3.8) is 0 Å². The Morgan fingerprint density at radius 1 is 1.21 bits per heavy atom. The number of hydrogen-bond donors (Lipinski definition) is 0. The van der Waals surface area contributed by atoms with Crippen LogP contribution in [0.2, 0.25) is 0 Å². The van der Waals surface area contributed by atoms with Gasteiger partial charge in [-0.15, -0.1) is 6.42 Å². The molecule has 1 rings (SSSR count). The average Bonchev–Trinajstić information content (AvgIpc) is 2.37. The van der Waals surface area contributed by atoms with Crippen molar-refractivity contribution >= 4 is 11.6 Å². The summed E-state index contributed by atoms with van der Waals surface area (Å²) in [5.41, 5.74) is 0.483. The predicted octanol–water partition coefficient (Wildman–Crippen LogP) is 4.79. The van der Waals surface area contributed by atoms with Gasteiger partial charge in [-0.2, -0.15) is 0 Å². The van der Waals surface area contributed by atoms with Crippen LogP contribution in [0.3, 0.4) is 0 Å². The molecule has 0 aliphatic heterocycles. The molecule has 0 saturated heterocycles. The molecule has 0 aromatic heterocycles. The third-order valence-electron chi connectivity index (χ3n) is 2.93. The van der Waals surface area contributed by atoms with Gasteiger partial charge in [-0.05, 0) is 18.4 Å². The van der Waals surface area contributed by atoms with Gasteiger partial charge in [0.1, 0.15) is 0 Å². The molecular weight excluding hydrogens is 249 g/mol. The molecule has 0 radical (unpaired) electrons. The maximum absolute atomic E-state index is 13.8. The van der Waals surface area contributed by atoms with E-state index in [4.69, 9.17) is 6.42 Å². The molecule has 0 fully saturated rings. The van der Waals surface area contributed by atoms with Crippen molar-refractivity contribution in [1.29, 1.82) is 0 Å². The SMILES string of the molecule is C#Cc1c(F)c(F)c(F)c(C=C)c1/C(=C\C)C(C)C. The van der Waals surface area contributed by atoms with E-state index in [1.54, 1.807) is 13.0 Å². The predicted molar refractivity (Wildman–Crippen MR) is 72.8 cm³/mol. The molecule has 0 N–H and O–H groups in total. The number of hydrogen-bond acceptors (Lipinski definition) is 0. The molecule has 0 saturated carbocycles. The largest absolute Gasteiger partial charge is 0.203 e. The van der Waals surface area contributed by atoms with Crippen LogP contribution in [-0.4, -0.2) is 0 Å². The summed E-state index contributed by atoms with van der Waals surface area (Å²) in [6.45, 7) is 8.91.